The molecule has 1 saturated heterocycles. The first-order valence-corrected chi connectivity index (χ1v) is 9.39. The minimum Gasteiger partial charge on any atom is -0.475 e. The van der Waals surface area contributed by atoms with Crippen LogP contribution in [0.5, 0.6) is 0 Å². The Morgan fingerprint density at radius 2 is 1.92 bits per heavy atom. The molecule has 2 heterocycles. The molecule has 0 atom stereocenters. The number of carboxylic acid groups (broad SMARTS) is 1. The third-order valence-corrected chi connectivity index (χ3v) is 6.00. The molecule has 0 unspecified atom stereocenters. The Balaban J connectivity index is 1.99. The summed E-state index contributed by atoms with van der Waals surface area (Å²) in [6.45, 7) is 0.156. The van der Waals surface area contributed by atoms with Crippen molar-refractivity contribution in [1.82, 2.24) is 14.5 Å². The molecule has 2 rings (SSSR count). The number of carbonyl (C=O) groups is 3. The van der Waals surface area contributed by atoms with Gasteiger partial charge in [0.15, 0.2) is 0 Å². The topological polar surface area (TPSA) is 137 Å². The van der Waals surface area contributed by atoms with Crippen molar-refractivity contribution in [2.45, 2.75) is 17.9 Å². The third-order valence-electron chi connectivity index (χ3n) is 4.23. The molecule has 0 bridgehead atoms. The molecule has 1 aromatic heterocycles. The summed E-state index contributed by atoms with van der Waals surface area (Å²) in [6, 6.07) is 2.19. The molecular weight excluding hydrogens is 366 g/mol. The minimum atomic E-state index is -3.95. The van der Waals surface area contributed by atoms with Crippen LogP contribution >= 0.6 is 0 Å². The molecular formula is C15H21N3O7S. The van der Waals surface area contributed by atoms with Crippen LogP contribution in [0.15, 0.2) is 21.6 Å². The van der Waals surface area contributed by atoms with Crippen molar-refractivity contribution < 1.29 is 32.3 Å². The van der Waals surface area contributed by atoms with Gasteiger partial charge in [-0.1, -0.05) is 0 Å². The van der Waals surface area contributed by atoms with E-state index in [1.807, 2.05) is 0 Å². The van der Waals surface area contributed by atoms with E-state index >= 15 is 0 Å². The molecule has 11 heteroatoms. The van der Waals surface area contributed by atoms with Gasteiger partial charge in [0, 0.05) is 33.1 Å². The van der Waals surface area contributed by atoms with Gasteiger partial charge in [-0.15, -0.1) is 0 Å². The number of rotatable bonds is 6. The number of aromatic carboxylic acids is 1. The Bertz CT molecular complexity index is 794. The Morgan fingerprint density at radius 3 is 2.42 bits per heavy atom. The van der Waals surface area contributed by atoms with Crippen molar-refractivity contribution >= 4 is 27.8 Å². The maximum atomic E-state index is 12.5. The molecule has 2 amide bonds. The molecule has 1 aromatic rings. The van der Waals surface area contributed by atoms with Gasteiger partial charge < -0.3 is 19.7 Å². The molecule has 0 saturated carbocycles. The summed E-state index contributed by atoms with van der Waals surface area (Å²) in [4.78, 5) is 35.8. The van der Waals surface area contributed by atoms with Gasteiger partial charge in [0.05, 0.1) is 6.54 Å². The van der Waals surface area contributed by atoms with E-state index in [1.165, 1.54) is 23.3 Å². The van der Waals surface area contributed by atoms with E-state index in [4.69, 9.17) is 9.52 Å². The molecule has 1 aliphatic heterocycles. The molecule has 144 valence electrons. The fourth-order valence-electron chi connectivity index (χ4n) is 2.73. The van der Waals surface area contributed by atoms with Gasteiger partial charge in [-0.25, -0.2) is 13.2 Å². The molecule has 0 radical (unpaired) electrons. The van der Waals surface area contributed by atoms with Gasteiger partial charge in [0.25, 0.3) is 10.0 Å². The number of furan rings is 1. The van der Waals surface area contributed by atoms with Gasteiger partial charge in [0.1, 0.15) is 0 Å². The van der Waals surface area contributed by atoms with E-state index in [1.54, 1.807) is 0 Å². The summed E-state index contributed by atoms with van der Waals surface area (Å²) in [6.07, 6.45) is 0.616. The van der Waals surface area contributed by atoms with E-state index in [-0.39, 0.29) is 37.4 Å². The summed E-state index contributed by atoms with van der Waals surface area (Å²) in [5, 5.41) is 10.8. The van der Waals surface area contributed by atoms with Crippen LogP contribution in [-0.4, -0.2) is 74.2 Å². The summed E-state index contributed by atoms with van der Waals surface area (Å²) in [7, 11) is -0.947. The lowest BCUT2D eigenvalue weighted by Crippen LogP contribution is -2.45. The highest BCUT2D eigenvalue weighted by Gasteiger charge is 2.35. The number of carboxylic acids is 1. The third kappa shape index (κ3) is 4.22. The van der Waals surface area contributed by atoms with Gasteiger partial charge in [0.2, 0.25) is 22.7 Å². The number of carbonyl (C=O) groups excluding carboxylic acids is 2. The molecule has 1 fully saturated rings. The second-order valence-electron chi connectivity index (χ2n) is 5.97. The smallest absolute Gasteiger partial charge is 0.371 e. The fraction of sp³-hybridized carbons (Fsp3) is 0.533. The number of likely N-dealkylation sites (N-methyl/N-ethyl adjacent to an activating group) is 2. The normalized spacial score (nSPS) is 16.2. The molecule has 0 aromatic carbocycles. The van der Waals surface area contributed by atoms with Gasteiger partial charge >= 0.3 is 5.97 Å². The van der Waals surface area contributed by atoms with Crippen LogP contribution in [0.1, 0.15) is 23.4 Å². The van der Waals surface area contributed by atoms with Crippen molar-refractivity contribution in [3.63, 3.8) is 0 Å². The highest BCUT2D eigenvalue weighted by Crippen LogP contribution is 2.26. The zero-order valence-corrected chi connectivity index (χ0v) is 15.3. The number of hydrogen-bond acceptors (Lipinski definition) is 6. The first-order valence-electron chi connectivity index (χ1n) is 7.95. The summed E-state index contributed by atoms with van der Waals surface area (Å²) in [5.41, 5.74) is 0. The Labute approximate surface area is 150 Å². The number of sulfonamides is 1. The minimum absolute atomic E-state index is 0.0573. The van der Waals surface area contributed by atoms with E-state index in [0.29, 0.717) is 12.8 Å². The van der Waals surface area contributed by atoms with Crippen molar-refractivity contribution in [2.75, 3.05) is 33.7 Å². The molecule has 2 N–H and O–H groups in total. The van der Waals surface area contributed by atoms with Gasteiger partial charge in [-0.2, -0.15) is 4.31 Å². The van der Waals surface area contributed by atoms with E-state index in [0.717, 1.165) is 12.1 Å². The first kappa shape index (κ1) is 19.9. The fourth-order valence-corrected chi connectivity index (χ4v) is 4.11. The lowest BCUT2D eigenvalue weighted by Gasteiger charge is -2.31. The average Bonchev–Trinajstić information content (AvgIpc) is 3.12. The molecule has 0 aliphatic carbocycles. The predicted molar refractivity (Wildman–Crippen MR) is 88.9 cm³/mol. The second-order valence-corrected chi connectivity index (χ2v) is 7.84. The lowest BCUT2D eigenvalue weighted by molar-refractivity contribution is -0.138. The van der Waals surface area contributed by atoms with Crippen LogP contribution in [0, 0.1) is 5.92 Å². The SMILES string of the molecule is CNC(=O)CN(C)C(=O)C1CCN(S(=O)(=O)c2ccc(C(=O)O)o2)CC1. The van der Waals surface area contributed by atoms with Gasteiger partial charge in [-0.3, -0.25) is 9.59 Å². The van der Waals surface area contributed by atoms with E-state index < -0.39 is 26.8 Å². The van der Waals surface area contributed by atoms with Crippen molar-refractivity contribution in [3.05, 3.63) is 17.9 Å². The van der Waals surface area contributed by atoms with Crippen LogP contribution in [0.2, 0.25) is 0 Å². The molecule has 0 spiro atoms. The summed E-state index contributed by atoms with van der Waals surface area (Å²) < 4.78 is 31.1. The quantitative estimate of drug-likeness (QED) is 0.676. The number of nitrogens with one attached hydrogen (secondary N) is 1. The molecule has 10 nitrogen and oxygen atoms in total. The Hall–Kier alpha value is -2.40. The van der Waals surface area contributed by atoms with Crippen LogP contribution in [0.25, 0.3) is 0 Å². The number of hydrogen-bond donors (Lipinski definition) is 2. The first-order chi connectivity index (χ1) is 12.2. The zero-order chi connectivity index (χ0) is 19.5. The highest BCUT2D eigenvalue weighted by atomic mass is 32.2. The van der Waals surface area contributed by atoms with Crippen molar-refractivity contribution in [3.8, 4) is 0 Å². The highest BCUT2D eigenvalue weighted by molar-refractivity contribution is 7.89. The second kappa shape index (κ2) is 7.87. The van der Waals surface area contributed by atoms with Crippen molar-refractivity contribution in [1.29, 1.82) is 0 Å². The van der Waals surface area contributed by atoms with Crippen LogP contribution in [0.3, 0.4) is 0 Å². The Kier molecular flexibility index (Phi) is 6.03. The number of amides is 2. The lowest BCUT2D eigenvalue weighted by atomic mass is 9.97. The number of nitrogens with zero attached hydrogens (tertiary/aromatic N) is 2. The zero-order valence-electron chi connectivity index (χ0n) is 14.5. The summed E-state index contributed by atoms with van der Waals surface area (Å²) in [5.74, 6) is -2.67. The maximum absolute atomic E-state index is 12.5. The monoisotopic (exact) mass is 387 g/mol. The van der Waals surface area contributed by atoms with Crippen LogP contribution in [0.4, 0.5) is 0 Å². The predicted octanol–water partition coefficient (Wildman–Crippen LogP) is -0.417. The largest absolute Gasteiger partial charge is 0.475 e. The number of piperidine rings is 1. The van der Waals surface area contributed by atoms with Crippen molar-refractivity contribution in [2.24, 2.45) is 5.92 Å². The standard InChI is InChI=1S/C15H21N3O7S/c1-16-12(19)9-17(2)14(20)10-5-7-18(8-6-10)26(23,24)13-4-3-11(25-13)15(21)22/h3-4,10H,5-9H2,1-2H3,(H,16,19)(H,21,22). The van der Waals surface area contributed by atoms with Crippen LogP contribution in [-0.2, 0) is 19.6 Å². The molecule has 1 aliphatic rings. The van der Waals surface area contributed by atoms with Crippen LogP contribution < -0.4 is 5.32 Å². The average molecular weight is 387 g/mol. The van der Waals surface area contributed by atoms with E-state index in [9.17, 15) is 22.8 Å². The maximum Gasteiger partial charge on any atom is 0.371 e. The van der Waals surface area contributed by atoms with Gasteiger partial charge in [-0.05, 0) is 25.0 Å². The Morgan fingerprint density at radius 1 is 1.31 bits per heavy atom. The molecule has 26 heavy (non-hydrogen) atoms. The van der Waals surface area contributed by atoms with E-state index in [2.05, 4.69) is 5.32 Å². The summed E-state index contributed by atoms with van der Waals surface area (Å²) >= 11 is 0.